The minimum Gasteiger partial charge on any atom is -0.399 e. The van der Waals surface area contributed by atoms with Gasteiger partial charge in [0.15, 0.2) is 5.94 Å². The van der Waals surface area contributed by atoms with Gasteiger partial charge in [-0.25, -0.2) is 8.42 Å². The van der Waals surface area contributed by atoms with Gasteiger partial charge in [0.2, 0.25) is 9.84 Å². The molecule has 0 heterocycles. The fourth-order valence-electron chi connectivity index (χ4n) is 1.62. The second-order valence-electron chi connectivity index (χ2n) is 4.57. The maximum Gasteiger partial charge on any atom is 0.202 e. The summed E-state index contributed by atoms with van der Waals surface area (Å²) in [6, 6.07) is 4.90. The van der Waals surface area contributed by atoms with E-state index in [0.717, 1.165) is 12.8 Å². The van der Waals surface area contributed by atoms with Gasteiger partial charge in [-0.05, 0) is 43.4 Å². The number of nitrogens with two attached hydrogens (primary N) is 1. The number of nitrogen functional groups attached to an aromatic ring is 1. The number of benzene rings is 1. The zero-order chi connectivity index (χ0) is 12.5. The second kappa shape index (κ2) is 4.66. The summed E-state index contributed by atoms with van der Waals surface area (Å²) < 4.78 is 29.3. The van der Waals surface area contributed by atoms with Gasteiger partial charge in [0.25, 0.3) is 0 Å². The van der Waals surface area contributed by atoms with E-state index in [4.69, 9.17) is 10.5 Å². The summed E-state index contributed by atoms with van der Waals surface area (Å²) in [5, 5.41) is 0. The minimum atomic E-state index is -3.38. The predicted molar refractivity (Wildman–Crippen MR) is 66.3 cm³/mol. The first-order valence-corrected chi connectivity index (χ1v) is 7.31. The van der Waals surface area contributed by atoms with Crippen LogP contribution in [0.4, 0.5) is 5.69 Å². The Morgan fingerprint density at radius 2 is 2.12 bits per heavy atom. The van der Waals surface area contributed by atoms with Gasteiger partial charge < -0.3 is 10.5 Å². The quantitative estimate of drug-likeness (QED) is 0.814. The molecule has 0 unspecified atom stereocenters. The predicted octanol–water partition coefficient (Wildman–Crippen LogP) is 1.74. The molecule has 2 rings (SSSR count). The van der Waals surface area contributed by atoms with E-state index in [1.807, 2.05) is 0 Å². The standard InChI is InChI=1S/C12H17NO3S/c1-9-2-5-11(13)6-12(9)17(14,15)8-16-7-10-3-4-10/h2,5-6,10H,3-4,7-8,13H2,1H3. The first kappa shape index (κ1) is 12.4. The lowest BCUT2D eigenvalue weighted by atomic mass is 10.2. The molecule has 1 aromatic rings. The van der Waals surface area contributed by atoms with Crippen LogP contribution in [0.3, 0.4) is 0 Å². The zero-order valence-corrected chi connectivity index (χ0v) is 10.7. The zero-order valence-electron chi connectivity index (χ0n) is 9.85. The molecule has 4 nitrogen and oxygen atoms in total. The summed E-state index contributed by atoms with van der Waals surface area (Å²) >= 11 is 0. The van der Waals surface area contributed by atoms with Crippen molar-refractivity contribution < 1.29 is 13.2 Å². The Balaban J connectivity index is 2.09. The maximum absolute atomic E-state index is 12.0. The number of ether oxygens (including phenoxy) is 1. The van der Waals surface area contributed by atoms with Gasteiger partial charge in [-0.15, -0.1) is 0 Å². The minimum absolute atomic E-state index is 0.256. The largest absolute Gasteiger partial charge is 0.399 e. The van der Waals surface area contributed by atoms with E-state index >= 15 is 0 Å². The van der Waals surface area contributed by atoms with Crippen molar-refractivity contribution in [3.05, 3.63) is 23.8 Å². The molecule has 0 atom stereocenters. The van der Waals surface area contributed by atoms with Crippen molar-refractivity contribution in [2.75, 3.05) is 18.3 Å². The van der Waals surface area contributed by atoms with Gasteiger partial charge in [0, 0.05) is 5.69 Å². The highest BCUT2D eigenvalue weighted by Gasteiger charge is 2.23. The number of aryl methyl sites for hydroxylation is 1. The van der Waals surface area contributed by atoms with E-state index in [1.165, 1.54) is 6.07 Å². The molecule has 0 bridgehead atoms. The van der Waals surface area contributed by atoms with Crippen molar-refractivity contribution >= 4 is 15.5 Å². The van der Waals surface area contributed by atoms with Crippen LogP contribution < -0.4 is 5.73 Å². The van der Waals surface area contributed by atoms with Crippen LogP contribution in [-0.4, -0.2) is 21.0 Å². The fraction of sp³-hybridized carbons (Fsp3) is 0.500. The lowest BCUT2D eigenvalue weighted by molar-refractivity contribution is 0.165. The van der Waals surface area contributed by atoms with Crippen molar-refractivity contribution in [2.24, 2.45) is 5.92 Å². The first-order valence-electron chi connectivity index (χ1n) is 5.65. The third-order valence-electron chi connectivity index (χ3n) is 2.84. The number of anilines is 1. The Labute approximate surface area is 102 Å². The van der Waals surface area contributed by atoms with Crippen LogP contribution >= 0.6 is 0 Å². The van der Waals surface area contributed by atoms with Gasteiger partial charge in [-0.2, -0.15) is 0 Å². The summed E-state index contributed by atoms with van der Waals surface area (Å²) in [6.07, 6.45) is 2.30. The highest BCUT2D eigenvalue weighted by Crippen LogP contribution is 2.29. The smallest absolute Gasteiger partial charge is 0.202 e. The van der Waals surface area contributed by atoms with Crippen LogP contribution in [-0.2, 0) is 14.6 Å². The van der Waals surface area contributed by atoms with E-state index in [0.29, 0.717) is 23.8 Å². The van der Waals surface area contributed by atoms with Crippen LogP contribution in [0.1, 0.15) is 18.4 Å². The van der Waals surface area contributed by atoms with Crippen molar-refractivity contribution in [1.82, 2.24) is 0 Å². The molecule has 0 saturated heterocycles. The average molecular weight is 255 g/mol. The molecule has 0 radical (unpaired) electrons. The van der Waals surface area contributed by atoms with Crippen LogP contribution in [0.5, 0.6) is 0 Å². The second-order valence-corrected chi connectivity index (χ2v) is 6.48. The van der Waals surface area contributed by atoms with E-state index in [2.05, 4.69) is 0 Å². The molecule has 17 heavy (non-hydrogen) atoms. The van der Waals surface area contributed by atoms with E-state index in [1.54, 1.807) is 19.1 Å². The highest BCUT2D eigenvalue weighted by molar-refractivity contribution is 7.91. The number of hydrogen-bond donors (Lipinski definition) is 1. The van der Waals surface area contributed by atoms with Gasteiger partial charge in [-0.3, -0.25) is 0 Å². The molecular formula is C12H17NO3S. The first-order chi connectivity index (χ1) is 7.99. The summed E-state index contributed by atoms with van der Waals surface area (Å²) in [4.78, 5) is 0.272. The van der Waals surface area contributed by atoms with Crippen LogP contribution in [0.25, 0.3) is 0 Å². The van der Waals surface area contributed by atoms with Crippen molar-refractivity contribution in [3.8, 4) is 0 Å². The number of sulfone groups is 1. The molecule has 1 aromatic carbocycles. The Hall–Kier alpha value is -1.07. The van der Waals surface area contributed by atoms with Crippen LogP contribution in [0.15, 0.2) is 23.1 Å². The molecule has 1 saturated carbocycles. The van der Waals surface area contributed by atoms with Gasteiger partial charge in [0.1, 0.15) is 0 Å². The van der Waals surface area contributed by atoms with Crippen LogP contribution in [0, 0.1) is 12.8 Å². The molecule has 94 valence electrons. The SMILES string of the molecule is Cc1ccc(N)cc1S(=O)(=O)COCC1CC1. The summed E-state index contributed by atoms with van der Waals surface area (Å²) in [5.74, 6) is 0.306. The number of hydrogen-bond acceptors (Lipinski definition) is 4. The average Bonchev–Trinajstić information content (AvgIpc) is 3.05. The Bertz CT molecular complexity index is 506. The van der Waals surface area contributed by atoms with Crippen molar-refractivity contribution in [2.45, 2.75) is 24.7 Å². The lowest BCUT2D eigenvalue weighted by Gasteiger charge is -2.09. The molecule has 0 spiro atoms. The summed E-state index contributed by atoms with van der Waals surface area (Å²) in [6.45, 7) is 2.30. The van der Waals surface area contributed by atoms with Crippen molar-refractivity contribution in [3.63, 3.8) is 0 Å². The molecule has 5 heteroatoms. The molecule has 0 aromatic heterocycles. The third kappa shape index (κ3) is 3.20. The van der Waals surface area contributed by atoms with Crippen LogP contribution in [0.2, 0.25) is 0 Å². The Kier molecular flexibility index (Phi) is 3.40. The fourth-order valence-corrected chi connectivity index (χ4v) is 2.94. The molecule has 2 N–H and O–H groups in total. The summed E-state index contributed by atoms with van der Waals surface area (Å²) in [5.41, 5.74) is 6.76. The summed E-state index contributed by atoms with van der Waals surface area (Å²) in [7, 11) is -3.38. The molecular weight excluding hydrogens is 238 g/mol. The molecule has 0 amide bonds. The number of rotatable bonds is 5. The van der Waals surface area contributed by atoms with Crippen molar-refractivity contribution in [1.29, 1.82) is 0 Å². The van der Waals surface area contributed by atoms with Gasteiger partial charge in [-0.1, -0.05) is 6.07 Å². The van der Waals surface area contributed by atoms with Gasteiger partial charge in [0.05, 0.1) is 11.5 Å². The van der Waals surface area contributed by atoms with Gasteiger partial charge >= 0.3 is 0 Å². The Morgan fingerprint density at radius 3 is 2.76 bits per heavy atom. The lowest BCUT2D eigenvalue weighted by Crippen LogP contribution is -2.13. The van der Waals surface area contributed by atoms with E-state index in [-0.39, 0.29) is 10.8 Å². The van der Waals surface area contributed by atoms with E-state index < -0.39 is 9.84 Å². The molecule has 1 fully saturated rings. The maximum atomic E-state index is 12.0. The normalized spacial score (nSPS) is 16.1. The molecule has 0 aliphatic heterocycles. The molecule has 1 aliphatic rings. The monoisotopic (exact) mass is 255 g/mol. The third-order valence-corrected chi connectivity index (χ3v) is 4.42. The van der Waals surface area contributed by atoms with E-state index in [9.17, 15) is 8.42 Å². The Morgan fingerprint density at radius 1 is 1.41 bits per heavy atom. The molecule has 1 aliphatic carbocycles. The topological polar surface area (TPSA) is 69.4 Å². The highest BCUT2D eigenvalue weighted by atomic mass is 32.2.